The van der Waals surface area contributed by atoms with Gasteiger partial charge in [-0.25, -0.2) is 0 Å². The summed E-state index contributed by atoms with van der Waals surface area (Å²) in [6.45, 7) is 1.02. The lowest BCUT2D eigenvalue weighted by molar-refractivity contribution is -0.118. The van der Waals surface area contributed by atoms with Crippen LogP contribution in [0.2, 0.25) is 0 Å². The molecule has 0 saturated heterocycles. The third-order valence-electron chi connectivity index (χ3n) is 3.39. The van der Waals surface area contributed by atoms with Crippen LogP contribution in [0.5, 0.6) is 5.75 Å². The zero-order valence-electron chi connectivity index (χ0n) is 11.5. The molecule has 1 aliphatic heterocycles. The van der Waals surface area contributed by atoms with Crippen molar-refractivity contribution in [1.82, 2.24) is 0 Å². The number of ether oxygens (including phenoxy) is 1. The van der Waals surface area contributed by atoms with Crippen molar-refractivity contribution in [2.45, 2.75) is 12.8 Å². The first-order chi connectivity index (χ1) is 10.3. The molecule has 5 heteroatoms. The standard InChI is InChI=1S/C16H15NO3S/c18-13(15-6-3-11-21-15)7-8-16(19)17-9-10-20-14-5-2-1-4-12(14)17/h1-6,11H,7-10H2. The molecule has 0 bridgehead atoms. The smallest absolute Gasteiger partial charge is 0.227 e. The van der Waals surface area contributed by atoms with Gasteiger partial charge in [0.2, 0.25) is 5.91 Å². The third-order valence-corrected chi connectivity index (χ3v) is 4.30. The fourth-order valence-electron chi connectivity index (χ4n) is 2.34. The van der Waals surface area contributed by atoms with Gasteiger partial charge in [-0.1, -0.05) is 18.2 Å². The summed E-state index contributed by atoms with van der Waals surface area (Å²) in [6.07, 6.45) is 0.476. The molecule has 1 amide bonds. The number of benzene rings is 1. The van der Waals surface area contributed by atoms with Crippen LogP contribution in [-0.4, -0.2) is 24.8 Å². The van der Waals surface area contributed by atoms with E-state index in [1.807, 2.05) is 35.7 Å². The maximum atomic E-state index is 12.4. The Balaban J connectivity index is 1.65. The molecule has 108 valence electrons. The van der Waals surface area contributed by atoms with E-state index in [9.17, 15) is 9.59 Å². The molecule has 0 atom stereocenters. The van der Waals surface area contributed by atoms with Gasteiger partial charge in [0.15, 0.2) is 5.78 Å². The van der Waals surface area contributed by atoms with Crippen LogP contribution in [0, 0.1) is 0 Å². The number of amides is 1. The summed E-state index contributed by atoms with van der Waals surface area (Å²) >= 11 is 1.41. The van der Waals surface area contributed by atoms with Gasteiger partial charge in [-0.3, -0.25) is 9.59 Å². The number of Topliss-reactive ketones (excluding diaryl/α,β-unsaturated/α-hetero) is 1. The number of para-hydroxylation sites is 2. The molecular weight excluding hydrogens is 286 g/mol. The summed E-state index contributed by atoms with van der Waals surface area (Å²) < 4.78 is 5.53. The van der Waals surface area contributed by atoms with E-state index in [2.05, 4.69) is 0 Å². The number of anilines is 1. The minimum Gasteiger partial charge on any atom is -0.490 e. The van der Waals surface area contributed by atoms with Gasteiger partial charge in [-0.05, 0) is 23.6 Å². The molecule has 2 heterocycles. The molecule has 1 aliphatic rings. The van der Waals surface area contributed by atoms with Crippen molar-refractivity contribution < 1.29 is 14.3 Å². The van der Waals surface area contributed by atoms with Gasteiger partial charge in [0, 0.05) is 12.8 Å². The zero-order valence-corrected chi connectivity index (χ0v) is 12.3. The first kappa shape index (κ1) is 13.8. The summed E-state index contributed by atoms with van der Waals surface area (Å²) in [5.74, 6) is 0.720. The molecular formula is C16H15NO3S. The highest BCUT2D eigenvalue weighted by atomic mass is 32.1. The first-order valence-corrected chi connectivity index (χ1v) is 7.72. The van der Waals surface area contributed by atoms with Crippen molar-refractivity contribution in [3.63, 3.8) is 0 Å². The zero-order chi connectivity index (χ0) is 14.7. The van der Waals surface area contributed by atoms with Crippen LogP contribution < -0.4 is 9.64 Å². The Bertz CT molecular complexity index is 651. The summed E-state index contributed by atoms with van der Waals surface area (Å²) in [4.78, 5) is 26.7. The Morgan fingerprint density at radius 2 is 2.00 bits per heavy atom. The highest BCUT2D eigenvalue weighted by molar-refractivity contribution is 7.12. The Morgan fingerprint density at radius 3 is 2.81 bits per heavy atom. The van der Waals surface area contributed by atoms with Crippen LogP contribution in [0.15, 0.2) is 41.8 Å². The van der Waals surface area contributed by atoms with Crippen molar-refractivity contribution in [3.05, 3.63) is 46.7 Å². The normalized spacial score (nSPS) is 13.4. The van der Waals surface area contributed by atoms with Gasteiger partial charge in [-0.2, -0.15) is 0 Å². The van der Waals surface area contributed by atoms with Gasteiger partial charge in [-0.15, -0.1) is 11.3 Å². The minimum absolute atomic E-state index is 0.0277. The quantitative estimate of drug-likeness (QED) is 0.815. The predicted molar refractivity (Wildman–Crippen MR) is 82.2 cm³/mol. The molecule has 0 spiro atoms. The fourth-order valence-corrected chi connectivity index (χ4v) is 3.04. The number of rotatable bonds is 4. The highest BCUT2D eigenvalue weighted by Crippen LogP contribution is 2.31. The Kier molecular flexibility index (Phi) is 4.01. The third kappa shape index (κ3) is 2.97. The number of carbonyl (C=O) groups is 2. The Hall–Kier alpha value is -2.14. The van der Waals surface area contributed by atoms with E-state index in [0.29, 0.717) is 18.0 Å². The molecule has 0 N–H and O–H groups in total. The van der Waals surface area contributed by atoms with E-state index in [4.69, 9.17) is 4.74 Å². The molecule has 0 aliphatic carbocycles. The maximum absolute atomic E-state index is 12.4. The second-order valence-electron chi connectivity index (χ2n) is 4.76. The van der Waals surface area contributed by atoms with Crippen molar-refractivity contribution in [1.29, 1.82) is 0 Å². The largest absolute Gasteiger partial charge is 0.490 e. The van der Waals surface area contributed by atoms with Crippen LogP contribution in [0.4, 0.5) is 5.69 Å². The topological polar surface area (TPSA) is 46.6 Å². The number of hydrogen-bond donors (Lipinski definition) is 0. The van der Waals surface area contributed by atoms with E-state index in [1.165, 1.54) is 11.3 Å². The summed E-state index contributed by atoms with van der Waals surface area (Å²) in [5.41, 5.74) is 0.789. The molecule has 0 saturated carbocycles. The van der Waals surface area contributed by atoms with Crippen LogP contribution >= 0.6 is 11.3 Å². The average molecular weight is 301 g/mol. The van der Waals surface area contributed by atoms with Crippen LogP contribution in [-0.2, 0) is 4.79 Å². The molecule has 21 heavy (non-hydrogen) atoms. The SMILES string of the molecule is O=C(CCC(=O)N1CCOc2ccccc21)c1cccs1. The number of hydrogen-bond acceptors (Lipinski definition) is 4. The Morgan fingerprint density at radius 1 is 1.14 bits per heavy atom. The van der Waals surface area contributed by atoms with E-state index in [-0.39, 0.29) is 24.5 Å². The van der Waals surface area contributed by atoms with Crippen molar-refractivity contribution >= 4 is 28.7 Å². The monoisotopic (exact) mass is 301 g/mol. The van der Waals surface area contributed by atoms with Gasteiger partial charge >= 0.3 is 0 Å². The minimum atomic E-state index is -0.0318. The number of nitrogens with zero attached hydrogens (tertiary/aromatic N) is 1. The molecule has 0 unspecified atom stereocenters. The molecule has 2 aromatic rings. The van der Waals surface area contributed by atoms with Crippen LogP contribution in [0.1, 0.15) is 22.5 Å². The number of ketones is 1. The lowest BCUT2D eigenvalue weighted by atomic mass is 10.1. The molecule has 3 rings (SSSR count). The predicted octanol–water partition coefficient (Wildman–Crippen LogP) is 3.14. The second-order valence-corrected chi connectivity index (χ2v) is 5.71. The van der Waals surface area contributed by atoms with Gasteiger partial charge in [0.1, 0.15) is 12.4 Å². The van der Waals surface area contributed by atoms with Crippen LogP contribution in [0.25, 0.3) is 0 Å². The van der Waals surface area contributed by atoms with E-state index >= 15 is 0 Å². The fraction of sp³-hybridized carbons (Fsp3) is 0.250. The lowest BCUT2D eigenvalue weighted by Crippen LogP contribution is -2.38. The number of thiophene rings is 1. The van der Waals surface area contributed by atoms with Crippen molar-refractivity contribution in [2.75, 3.05) is 18.1 Å². The summed E-state index contributed by atoms with van der Waals surface area (Å²) in [7, 11) is 0. The molecule has 1 aromatic carbocycles. The molecule has 0 radical (unpaired) electrons. The lowest BCUT2D eigenvalue weighted by Gasteiger charge is -2.29. The summed E-state index contributed by atoms with van der Waals surface area (Å²) in [5, 5.41) is 1.87. The molecule has 0 fully saturated rings. The van der Waals surface area contributed by atoms with Crippen molar-refractivity contribution in [2.24, 2.45) is 0 Å². The summed E-state index contributed by atoms with van der Waals surface area (Å²) in [6, 6.07) is 11.1. The molecule has 1 aromatic heterocycles. The number of carbonyl (C=O) groups excluding carboxylic acids is 2. The van der Waals surface area contributed by atoms with E-state index in [1.54, 1.807) is 11.0 Å². The Labute approximate surface area is 127 Å². The van der Waals surface area contributed by atoms with Crippen molar-refractivity contribution in [3.8, 4) is 5.75 Å². The average Bonchev–Trinajstić information content (AvgIpc) is 3.06. The van der Waals surface area contributed by atoms with Crippen LogP contribution in [0.3, 0.4) is 0 Å². The molecule has 4 nitrogen and oxygen atoms in total. The van der Waals surface area contributed by atoms with E-state index in [0.717, 1.165) is 11.4 Å². The second kappa shape index (κ2) is 6.10. The highest BCUT2D eigenvalue weighted by Gasteiger charge is 2.23. The van der Waals surface area contributed by atoms with Gasteiger partial charge < -0.3 is 9.64 Å². The van der Waals surface area contributed by atoms with Gasteiger partial charge in [0.25, 0.3) is 0 Å². The first-order valence-electron chi connectivity index (χ1n) is 6.84. The maximum Gasteiger partial charge on any atom is 0.227 e. The number of fused-ring (bicyclic) bond motifs is 1. The van der Waals surface area contributed by atoms with Gasteiger partial charge in [0.05, 0.1) is 17.1 Å². The van der Waals surface area contributed by atoms with E-state index < -0.39 is 0 Å².